The fraction of sp³-hybridized carbons (Fsp3) is 0.300. The number of esters is 1. The number of rotatable bonds is 5. The zero-order valence-electron chi connectivity index (χ0n) is 9.40. The lowest BCUT2D eigenvalue weighted by molar-refractivity contribution is 0.0600. The van der Waals surface area contributed by atoms with Gasteiger partial charge in [0.25, 0.3) is 0 Å². The Labute approximate surface area is 98.4 Å². The number of amides is 2. The highest BCUT2D eigenvalue weighted by Crippen LogP contribution is 2.07. The van der Waals surface area contributed by atoms with Crippen LogP contribution in [0.5, 0.6) is 0 Å². The summed E-state index contributed by atoms with van der Waals surface area (Å²) in [5, 5.41) is 5.35. The molecule has 0 aliphatic rings. The second kappa shape index (κ2) is 6.31. The standard InChI is InChI=1S/C10H14N4O3/c1-17-9(15)7-2-3-12-8(6-7)13-4-5-14-10(11)16/h2-3,6H,4-5H2,1H3,(H,12,13)(H3,11,14,16). The normalized spacial score (nSPS) is 9.47. The molecule has 0 fully saturated rings. The number of pyridine rings is 1. The van der Waals surface area contributed by atoms with E-state index in [1.54, 1.807) is 12.1 Å². The van der Waals surface area contributed by atoms with Crippen LogP contribution in [-0.2, 0) is 4.74 Å². The number of hydrogen-bond acceptors (Lipinski definition) is 5. The fourth-order valence-electron chi connectivity index (χ4n) is 1.15. The van der Waals surface area contributed by atoms with E-state index >= 15 is 0 Å². The molecule has 4 N–H and O–H groups in total. The molecule has 0 aliphatic carbocycles. The van der Waals surface area contributed by atoms with Crippen LogP contribution in [0.25, 0.3) is 0 Å². The van der Waals surface area contributed by atoms with E-state index in [4.69, 9.17) is 5.73 Å². The Balaban J connectivity index is 2.48. The number of ether oxygens (including phenoxy) is 1. The number of primary amides is 1. The van der Waals surface area contributed by atoms with E-state index in [1.165, 1.54) is 13.3 Å². The minimum absolute atomic E-state index is 0.374. The summed E-state index contributed by atoms with van der Waals surface area (Å²) in [4.78, 5) is 25.6. The number of anilines is 1. The van der Waals surface area contributed by atoms with Gasteiger partial charge in [0.2, 0.25) is 0 Å². The summed E-state index contributed by atoms with van der Waals surface area (Å²) >= 11 is 0. The van der Waals surface area contributed by atoms with Crippen LogP contribution in [0.2, 0.25) is 0 Å². The molecule has 17 heavy (non-hydrogen) atoms. The Morgan fingerprint density at radius 3 is 2.88 bits per heavy atom. The van der Waals surface area contributed by atoms with Gasteiger partial charge in [-0.3, -0.25) is 0 Å². The quantitative estimate of drug-likeness (QED) is 0.492. The van der Waals surface area contributed by atoms with E-state index in [2.05, 4.69) is 20.4 Å². The number of hydrogen-bond donors (Lipinski definition) is 3. The summed E-state index contributed by atoms with van der Waals surface area (Å²) < 4.78 is 4.58. The van der Waals surface area contributed by atoms with Crippen LogP contribution >= 0.6 is 0 Å². The van der Waals surface area contributed by atoms with Crippen LogP contribution in [0.3, 0.4) is 0 Å². The third kappa shape index (κ3) is 4.37. The zero-order chi connectivity index (χ0) is 12.7. The van der Waals surface area contributed by atoms with Gasteiger partial charge in [-0.15, -0.1) is 0 Å². The summed E-state index contributed by atoms with van der Waals surface area (Å²) in [5.74, 6) is 0.102. The lowest BCUT2D eigenvalue weighted by atomic mass is 10.2. The Morgan fingerprint density at radius 1 is 1.47 bits per heavy atom. The number of aromatic nitrogens is 1. The van der Waals surface area contributed by atoms with Crippen molar-refractivity contribution in [2.24, 2.45) is 5.73 Å². The topological polar surface area (TPSA) is 106 Å². The van der Waals surface area contributed by atoms with Crippen LogP contribution in [0.4, 0.5) is 10.6 Å². The number of carbonyl (C=O) groups is 2. The Bertz CT molecular complexity index is 408. The largest absolute Gasteiger partial charge is 0.465 e. The number of nitrogens with one attached hydrogen (secondary N) is 2. The smallest absolute Gasteiger partial charge is 0.338 e. The molecule has 2 amide bonds. The molecule has 1 heterocycles. The van der Waals surface area contributed by atoms with E-state index < -0.39 is 12.0 Å². The van der Waals surface area contributed by atoms with Gasteiger partial charge in [0, 0.05) is 19.3 Å². The molecule has 1 rings (SSSR count). The second-order valence-corrected chi connectivity index (χ2v) is 3.14. The van der Waals surface area contributed by atoms with E-state index in [1.807, 2.05) is 0 Å². The van der Waals surface area contributed by atoms with Crippen LogP contribution in [-0.4, -0.2) is 37.2 Å². The molecule has 0 bridgehead atoms. The minimum atomic E-state index is -0.580. The molecule has 1 aromatic rings. The molecule has 0 spiro atoms. The van der Waals surface area contributed by atoms with Crippen molar-refractivity contribution < 1.29 is 14.3 Å². The Kier molecular flexibility index (Phi) is 4.74. The molecule has 0 radical (unpaired) electrons. The summed E-state index contributed by atoms with van der Waals surface area (Å²) in [6.07, 6.45) is 1.50. The molecule has 7 heteroatoms. The van der Waals surface area contributed by atoms with Gasteiger partial charge in [-0.25, -0.2) is 14.6 Å². The molecule has 1 aromatic heterocycles. The highest BCUT2D eigenvalue weighted by Gasteiger charge is 2.05. The summed E-state index contributed by atoms with van der Waals surface area (Å²) in [6, 6.07) is 2.54. The molecule has 0 aromatic carbocycles. The molecule has 0 atom stereocenters. The average Bonchev–Trinajstić information content (AvgIpc) is 2.34. The van der Waals surface area contributed by atoms with Crippen LogP contribution in [0.15, 0.2) is 18.3 Å². The maximum absolute atomic E-state index is 11.2. The third-order valence-electron chi connectivity index (χ3n) is 1.91. The molecule has 0 aliphatic heterocycles. The van der Waals surface area contributed by atoms with Gasteiger partial charge >= 0.3 is 12.0 Å². The fourth-order valence-corrected chi connectivity index (χ4v) is 1.15. The van der Waals surface area contributed by atoms with E-state index in [-0.39, 0.29) is 0 Å². The number of carbonyl (C=O) groups excluding carboxylic acids is 2. The van der Waals surface area contributed by atoms with Crippen molar-refractivity contribution in [2.75, 3.05) is 25.5 Å². The van der Waals surface area contributed by atoms with Gasteiger partial charge in [-0.1, -0.05) is 0 Å². The average molecular weight is 238 g/mol. The van der Waals surface area contributed by atoms with Crippen LogP contribution in [0, 0.1) is 0 Å². The molecule has 92 valence electrons. The molecule has 7 nitrogen and oxygen atoms in total. The van der Waals surface area contributed by atoms with Crippen molar-refractivity contribution in [3.05, 3.63) is 23.9 Å². The predicted molar refractivity (Wildman–Crippen MR) is 61.7 cm³/mol. The van der Waals surface area contributed by atoms with Crippen LogP contribution < -0.4 is 16.4 Å². The van der Waals surface area contributed by atoms with Crippen molar-refractivity contribution in [3.63, 3.8) is 0 Å². The lowest BCUT2D eigenvalue weighted by Gasteiger charge is -2.06. The van der Waals surface area contributed by atoms with Crippen molar-refractivity contribution in [2.45, 2.75) is 0 Å². The Hall–Kier alpha value is -2.31. The van der Waals surface area contributed by atoms with E-state index in [0.717, 1.165) is 0 Å². The molecular formula is C10H14N4O3. The van der Waals surface area contributed by atoms with Gasteiger partial charge in [0.15, 0.2) is 0 Å². The number of urea groups is 1. The SMILES string of the molecule is COC(=O)c1ccnc(NCCNC(N)=O)c1. The highest BCUT2D eigenvalue weighted by molar-refractivity contribution is 5.89. The van der Waals surface area contributed by atoms with E-state index in [9.17, 15) is 9.59 Å². The molecule has 0 saturated heterocycles. The van der Waals surface area contributed by atoms with Gasteiger partial charge in [0.05, 0.1) is 12.7 Å². The first kappa shape index (κ1) is 12.8. The summed E-state index contributed by atoms with van der Waals surface area (Å²) in [6.45, 7) is 0.833. The summed E-state index contributed by atoms with van der Waals surface area (Å²) in [7, 11) is 1.31. The molecule has 0 saturated carbocycles. The molecule has 0 unspecified atom stereocenters. The van der Waals surface area contributed by atoms with Crippen molar-refractivity contribution in [1.82, 2.24) is 10.3 Å². The van der Waals surface area contributed by atoms with Crippen molar-refractivity contribution >= 4 is 17.8 Å². The van der Waals surface area contributed by atoms with Gasteiger partial charge in [-0.2, -0.15) is 0 Å². The lowest BCUT2D eigenvalue weighted by Crippen LogP contribution is -2.33. The zero-order valence-corrected chi connectivity index (χ0v) is 9.40. The first-order chi connectivity index (χ1) is 8.13. The third-order valence-corrected chi connectivity index (χ3v) is 1.91. The minimum Gasteiger partial charge on any atom is -0.465 e. The Morgan fingerprint density at radius 2 is 2.24 bits per heavy atom. The van der Waals surface area contributed by atoms with Crippen molar-refractivity contribution in [1.29, 1.82) is 0 Å². The maximum Gasteiger partial charge on any atom is 0.338 e. The predicted octanol–water partition coefficient (Wildman–Crippen LogP) is -0.0516. The van der Waals surface area contributed by atoms with Gasteiger partial charge in [-0.05, 0) is 12.1 Å². The number of nitrogens with zero attached hydrogens (tertiary/aromatic N) is 1. The maximum atomic E-state index is 11.2. The van der Waals surface area contributed by atoms with Crippen molar-refractivity contribution in [3.8, 4) is 0 Å². The second-order valence-electron chi connectivity index (χ2n) is 3.14. The first-order valence-corrected chi connectivity index (χ1v) is 4.95. The van der Waals surface area contributed by atoms with Gasteiger partial charge in [0.1, 0.15) is 5.82 Å². The van der Waals surface area contributed by atoms with Gasteiger partial charge < -0.3 is 21.1 Å². The molecular weight excluding hydrogens is 224 g/mol. The number of nitrogens with two attached hydrogens (primary N) is 1. The number of methoxy groups -OCH3 is 1. The van der Waals surface area contributed by atoms with Crippen LogP contribution in [0.1, 0.15) is 10.4 Å². The summed E-state index contributed by atoms with van der Waals surface area (Å²) in [5.41, 5.74) is 5.31. The monoisotopic (exact) mass is 238 g/mol. The first-order valence-electron chi connectivity index (χ1n) is 4.95. The van der Waals surface area contributed by atoms with E-state index in [0.29, 0.717) is 24.5 Å². The highest BCUT2D eigenvalue weighted by atomic mass is 16.5.